The third-order valence-electron chi connectivity index (χ3n) is 4.41. The van der Waals surface area contributed by atoms with Gasteiger partial charge in [-0.1, -0.05) is 66.7 Å². The van der Waals surface area contributed by atoms with Gasteiger partial charge in [-0.25, -0.2) is 4.57 Å². The fourth-order valence-electron chi connectivity index (χ4n) is 3.03. The second kappa shape index (κ2) is 6.77. The van der Waals surface area contributed by atoms with Gasteiger partial charge in [-0.15, -0.1) is 0 Å². The third-order valence-corrected chi connectivity index (χ3v) is 5.64. The van der Waals surface area contributed by atoms with E-state index >= 15 is 0 Å². The summed E-state index contributed by atoms with van der Waals surface area (Å²) < 4.78 is 28.5. The molecule has 0 atom stereocenters. The standard InChI is InChI=1S/C21H18N2O2S/c24-26(25)16-15-23-14-4-7-20(21(23)22-26)19-12-10-18(11-13-19)9-8-17-5-2-1-3-6-17/h1-14H,15-16H2/p+1/b9-8+. The second-order valence-electron chi connectivity index (χ2n) is 6.25. The Kier molecular flexibility index (Phi) is 4.31. The summed E-state index contributed by atoms with van der Waals surface area (Å²) in [5.74, 6) is 0.739. The van der Waals surface area contributed by atoms with Crippen molar-refractivity contribution < 1.29 is 13.0 Å². The molecule has 0 saturated carbocycles. The van der Waals surface area contributed by atoms with Gasteiger partial charge in [0, 0.05) is 0 Å². The van der Waals surface area contributed by atoms with Gasteiger partial charge in [-0.05, 0) is 28.8 Å². The molecule has 2 aromatic carbocycles. The number of nitrogens with one attached hydrogen (secondary N) is 1. The van der Waals surface area contributed by atoms with Crippen molar-refractivity contribution in [3.05, 3.63) is 84.1 Å². The van der Waals surface area contributed by atoms with Gasteiger partial charge in [0.1, 0.15) is 12.3 Å². The van der Waals surface area contributed by atoms with E-state index in [9.17, 15) is 8.42 Å². The summed E-state index contributed by atoms with van der Waals surface area (Å²) in [5, 5.41) is 0. The SMILES string of the molecule is O=S1(=O)CC[n+]2cccc(-c3ccc(/C=C/c4ccccc4)cc3)c2N1. The minimum Gasteiger partial charge on any atom is -0.232 e. The molecular weight excluding hydrogens is 344 g/mol. The first kappa shape index (κ1) is 16.5. The quantitative estimate of drug-likeness (QED) is 0.571. The molecule has 4 nitrogen and oxygen atoms in total. The molecule has 1 N–H and O–H groups in total. The van der Waals surface area contributed by atoms with Crippen LogP contribution in [0.2, 0.25) is 0 Å². The van der Waals surface area contributed by atoms with Crippen LogP contribution in [0.3, 0.4) is 0 Å². The first-order chi connectivity index (χ1) is 12.6. The lowest BCUT2D eigenvalue weighted by molar-refractivity contribution is -0.679. The third kappa shape index (κ3) is 3.53. The van der Waals surface area contributed by atoms with Gasteiger partial charge < -0.3 is 0 Å². The first-order valence-corrected chi connectivity index (χ1v) is 10.1. The van der Waals surface area contributed by atoms with E-state index in [0.717, 1.165) is 22.3 Å². The van der Waals surface area contributed by atoms with Crippen molar-refractivity contribution in [2.45, 2.75) is 6.54 Å². The molecule has 1 aliphatic heterocycles. The van der Waals surface area contributed by atoms with Crippen LogP contribution in [0.25, 0.3) is 23.3 Å². The molecule has 0 fully saturated rings. The number of nitrogens with zero attached hydrogens (tertiary/aromatic N) is 1. The maximum atomic E-state index is 11.9. The van der Waals surface area contributed by atoms with Crippen molar-refractivity contribution in [2.75, 3.05) is 10.5 Å². The Bertz CT molecular complexity index is 1060. The Morgan fingerprint density at radius 3 is 2.27 bits per heavy atom. The average Bonchev–Trinajstić information content (AvgIpc) is 2.66. The van der Waals surface area contributed by atoms with E-state index in [4.69, 9.17) is 0 Å². The van der Waals surface area contributed by atoms with Gasteiger partial charge in [0.15, 0.2) is 0 Å². The molecule has 0 unspecified atom stereocenters. The maximum absolute atomic E-state index is 11.9. The summed E-state index contributed by atoms with van der Waals surface area (Å²) in [4.78, 5) is 0. The minimum absolute atomic E-state index is 0.108. The molecule has 26 heavy (non-hydrogen) atoms. The van der Waals surface area contributed by atoms with E-state index in [0.29, 0.717) is 12.4 Å². The molecule has 130 valence electrons. The van der Waals surface area contributed by atoms with Crippen LogP contribution in [0, 0.1) is 0 Å². The summed E-state index contributed by atoms with van der Waals surface area (Å²) in [7, 11) is -3.26. The van der Waals surface area contributed by atoms with Crippen molar-refractivity contribution in [2.24, 2.45) is 0 Å². The molecule has 2 heterocycles. The number of anilines is 1. The average molecular weight is 363 g/mol. The number of hydrogen-bond donors (Lipinski definition) is 1. The van der Waals surface area contributed by atoms with Gasteiger partial charge in [-0.2, -0.15) is 13.1 Å². The maximum Gasteiger partial charge on any atom is 0.302 e. The Morgan fingerprint density at radius 1 is 0.846 bits per heavy atom. The number of benzene rings is 2. The highest BCUT2D eigenvalue weighted by molar-refractivity contribution is 7.92. The number of pyridine rings is 1. The topological polar surface area (TPSA) is 50.1 Å². The molecule has 0 radical (unpaired) electrons. The summed E-state index contributed by atoms with van der Waals surface area (Å²) in [6.07, 6.45) is 6.04. The predicted octanol–water partition coefficient (Wildman–Crippen LogP) is 3.57. The van der Waals surface area contributed by atoms with Crippen molar-refractivity contribution in [1.29, 1.82) is 0 Å². The zero-order chi connectivity index (χ0) is 18.0. The van der Waals surface area contributed by atoms with E-state index in [1.807, 2.05) is 65.4 Å². The van der Waals surface area contributed by atoms with Gasteiger partial charge in [-0.3, -0.25) is 0 Å². The number of aromatic nitrogens is 1. The first-order valence-electron chi connectivity index (χ1n) is 8.47. The Morgan fingerprint density at radius 2 is 1.54 bits per heavy atom. The van der Waals surface area contributed by atoms with E-state index in [1.165, 1.54) is 0 Å². The molecule has 0 saturated heterocycles. The summed E-state index contributed by atoms with van der Waals surface area (Å²) in [5.41, 5.74) is 4.11. The van der Waals surface area contributed by atoms with Crippen LogP contribution in [-0.2, 0) is 16.6 Å². The minimum atomic E-state index is -3.26. The van der Waals surface area contributed by atoms with Crippen LogP contribution < -0.4 is 9.29 Å². The Balaban J connectivity index is 1.63. The zero-order valence-electron chi connectivity index (χ0n) is 14.2. The summed E-state index contributed by atoms with van der Waals surface area (Å²) in [6, 6.07) is 22.1. The number of aryl methyl sites for hydroxylation is 1. The van der Waals surface area contributed by atoms with E-state index in [-0.39, 0.29) is 5.75 Å². The number of fused-ring (bicyclic) bond motifs is 1. The predicted molar refractivity (Wildman–Crippen MR) is 105 cm³/mol. The van der Waals surface area contributed by atoms with Gasteiger partial charge in [0.25, 0.3) is 5.82 Å². The molecule has 0 amide bonds. The van der Waals surface area contributed by atoms with Gasteiger partial charge in [0.05, 0.1) is 11.8 Å². The highest BCUT2D eigenvalue weighted by Crippen LogP contribution is 2.27. The van der Waals surface area contributed by atoms with E-state index in [2.05, 4.69) is 29.0 Å². The second-order valence-corrected chi connectivity index (χ2v) is 8.09. The molecule has 1 aliphatic rings. The lowest BCUT2D eigenvalue weighted by Gasteiger charge is -2.15. The largest absolute Gasteiger partial charge is 0.302 e. The molecular formula is C21H19N2O2S+. The van der Waals surface area contributed by atoms with Crippen molar-refractivity contribution in [3.63, 3.8) is 0 Å². The van der Waals surface area contributed by atoms with E-state index in [1.54, 1.807) is 0 Å². The van der Waals surface area contributed by atoms with Crippen LogP contribution in [-0.4, -0.2) is 14.2 Å². The van der Waals surface area contributed by atoms with Crippen molar-refractivity contribution >= 4 is 28.0 Å². The number of hydrogen-bond acceptors (Lipinski definition) is 2. The zero-order valence-corrected chi connectivity index (χ0v) is 15.0. The fourth-order valence-corrected chi connectivity index (χ4v) is 4.09. The van der Waals surface area contributed by atoms with E-state index < -0.39 is 10.0 Å². The van der Waals surface area contributed by atoms with Crippen LogP contribution in [0.5, 0.6) is 0 Å². The Hall–Kier alpha value is -2.92. The molecule has 4 rings (SSSR count). The Labute approximate surface area is 153 Å². The molecule has 1 aromatic heterocycles. The lowest BCUT2D eigenvalue weighted by atomic mass is 10.0. The smallest absolute Gasteiger partial charge is 0.232 e. The molecule has 3 aromatic rings. The van der Waals surface area contributed by atoms with Crippen molar-refractivity contribution in [1.82, 2.24) is 0 Å². The highest BCUT2D eigenvalue weighted by atomic mass is 32.2. The molecule has 0 aliphatic carbocycles. The number of sulfonamides is 1. The van der Waals surface area contributed by atoms with Crippen LogP contribution in [0.1, 0.15) is 11.1 Å². The van der Waals surface area contributed by atoms with Crippen LogP contribution in [0.15, 0.2) is 72.9 Å². The van der Waals surface area contributed by atoms with Gasteiger partial charge >= 0.3 is 10.0 Å². The molecule has 0 spiro atoms. The van der Waals surface area contributed by atoms with Crippen LogP contribution >= 0.6 is 0 Å². The number of rotatable bonds is 3. The molecule has 0 bridgehead atoms. The highest BCUT2D eigenvalue weighted by Gasteiger charge is 2.29. The summed E-state index contributed by atoms with van der Waals surface area (Å²) >= 11 is 0. The lowest BCUT2D eigenvalue weighted by Crippen LogP contribution is -2.47. The van der Waals surface area contributed by atoms with Gasteiger partial charge in [0.2, 0.25) is 0 Å². The van der Waals surface area contributed by atoms with Crippen molar-refractivity contribution in [3.8, 4) is 11.1 Å². The normalized spacial score (nSPS) is 15.4. The fraction of sp³-hybridized carbons (Fsp3) is 0.0952. The summed E-state index contributed by atoms with van der Waals surface area (Å²) in [6.45, 7) is 0.469. The molecule has 5 heteroatoms. The monoisotopic (exact) mass is 363 g/mol. The van der Waals surface area contributed by atoms with Crippen LogP contribution in [0.4, 0.5) is 5.82 Å².